The fourth-order valence-electron chi connectivity index (χ4n) is 4.69. The van der Waals surface area contributed by atoms with Crippen molar-refractivity contribution in [3.05, 3.63) is 89.5 Å². The summed E-state index contributed by atoms with van der Waals surface area (Å²) in [5, 5.41) is 19.2. The van der Waals surface area contributed by atoms with E-state index in [-0.39, 0.29) is 11.8 Å². The van der Waals surface area contributed by atoms with Gasteiger partial charge in [0.2, 0.25) is 0 Å². The highest BCUT2D eigenvalue weighted by atomic mass is 16.5. The highest BCUT2D eigenvalue weighted by Gasteiger charge is 2.50. The fraction of sp³-hybridized carbons (Fsp3) is 0.125. The molecule has 0 radical (unpaired) electrons. The van der Waals surface area contributed by atoms with E-state index in [4.69, 9.17) is 4.74 Å². The lowest BCUT2D eigenvalue weighted by molar-refractivity contribution is -0.124. The van der Waals surface area contributed by atoms with E-state index in [1.807, 2.05) is 72.8 Å². The molecule has 9 heteroatoms. The summed E-state index contributed by atoms with van der Waals surface area (Å²) in [4.78, 5) is 25.6. The number of carbonyl (C=O) groups excluding carboxylic acids is 2. The Labute approximate surface area is 188 Å². The van der Waals surface area contributed by atoms with Crippen molar-refractivity contribution >= 4 is 11.9 Å². The Morgan fingerprint density at radius 2 is 1.55 bits per heavy atom. The number of tetrazole rings is 1. The van der Waals surface area contributed by atoms with Crippen LogP contribution in [0.3, 0.4) is 0 Å². The summed E-state index contributed by atoms with van der Waals surface area (Å²) in [5.41, 5.74) is 2.12. The van der Waals surface area contributed by atoms with E-state index in [9.17, 15) is 9.59 Å². The van der Waals surface area contributed by atoms with Gasteiger partial charge in [-0.3, -0.25) is 10.1 Å². The van der Waals surface area contributed by atoms with Gasteiger partial charge >= 0.3 is 6.03 Å². The van der Waals surface area contributed by atoms with Crippen LogP contribution < -0.4 is 15.4 Å². The molecule has 0 saturated carbocycles. The summed E-state index contributed by atoms with van der Waals surface area (Å²) in [5.74, 6) is 1.45. The van der Waals surface area contributed by atoms with Crippen LogP contribution in [0.1, 0.15) is 29.0 Å². The average molecular weight is 438 g/mol. The number of nitrogens with one attached hydrogen (secondary N) is 3. The number of rotatable bonds is 4. The Balaban J connectivity index is 1.46. The van der Waals surface area contributed by atoms with Crippen molar-refractivity contribution in [2.24, 2.45) is 0 Å². The van der Waals surface area contributed by atoms with Gasteiger partial charge in [-0.2, -0.15) is 0 Å². The van der Waals surface area contributed by atoms with E-state index in [1.165, 1.54) is 0 Å². The van der Waals surface area contributed by atoms with E-state index in [2.05, 4.69) is 31.3 Å². The first-order valence-corrected chi connectivity index (χ1v) is 10.5. The van der Waals surface area contributed by atoms with Crippen molar-refractivity contribution in [3.8, 4) is 22.9 Å². The Bertz CT molecular complexity index is 1320. The van der Waals surface area contributed by atoms with E-state index in [0.29, 0.717) is 17.8 Å². The van der Waals surface area contributed by atoms with Crippen LogP contribution in [0.15, 0.2) is 72.8 Å². The van der Waals surface area contributed by atoms with Gasteiger partial charge in [0.15, 0.2) is 5.82 Å². The molecule has 3 aromatic carbocycles. The SMILES string of the molecule is O=C1NC(=O)C(CC2c3ccccc3Oc3ccccc32)(c2ccc(-c3nnn[nH]3)cc2)N1. The molecule has 1 atom stereocenters. The lowest BCUT2D eigenvalue weighted by Crippen LogP contribution is -2.45. The van der Waals surface area contributed by atoms with E-state index in [0.717, 1.165) is 28.2 Å². The number of carbonyl (C=O) groups is 2. The standard InChI is InChI=1S/C24H18N6O3/c31-22-24(26-23(32)25-22,15-11-9-14(10-12-15)21-27-29-30-28-21)13-18-16-5-1-3-7-19(16)33-20-8-4-2-6-17(18)20/h1-12,18H,13H2,(H2,25,26,31,32)(H,27,28,29,30). The number of aromatic amines is 1. The molecule has 0 bridgehead atoms. The normalized spacial score (nSPS) is 19.3. The van der Waals surface area contributed by atoms with Crippen LogP contribution in [0.25, 0.3) is 11.4 Å². The number of urea groups is 1. The number of amides is 3. The topological polar surface area (TPSA) is 122 Å². The van der Waals surface area contributed by atoms with Gasteiger partial charge in [-0.15, -0.1) is 5.10 Å². The van der Waals surface area contributed by atoms with Crippen LogP contribution in [0.5, 0.6) is 11.5 Å². The summed E-state index contributed by atoms with van der Waals surface area (Å²) in [6.45, 7) is 0. The molecule has 6 rings (SSSR count). The van der Waals surface area contributed by atoms with Gasteiger partial charge < -0.3 is 10.1 Å². The molecule has 162 valence electrons. The molecular formula is C24H18N6O3. The fourth-order valence-corrected chi connectivity index (χ4v) is 4.69. The van der Waals surface area contributed by atoms with Gasteiger partial charge in [0.25, 0.3) is 5.91 Å². The zero-order valence-corrected chi connectivity index (χ0v) is 17.3. The first-order valence-electron chi connectivity index (χ1n) is 10.5. The number of benzene rings is 3. The van der Waals surface area contributed by atoms with Crippen molar-refractivity contribution in [2.75, 3.05) is 0 Å². The number of para-hydroxylation sites is 2. The highest BCUT2D eigenvalue weighted by molar-refractivity contribution is 6.07. The van der Waals surface area contributed by atoms with Crippen LogP contribution in [0.2, 0.25) is 0 Å². The smallest absolute Gasteiger partial charge is 0.322 e. The maximum Gasteiger partial charge on any atom is 0.322 e. The maximum atomic E-state index is 13.3. The number of ether oxygens (including phenoxy) is 1. The number of nitrogens with zero attached hydrogens (tertiary/aromatic N) is 3. The zero-order valence-electron chi connectivity index (χ0n) is 17.3. The number of hydrogen-bond acceptors (Lipinski definition) is 6. The largest absolute Gasteiger partial charge is 0.457 e. The molecule has 1 saturated heterocycles. The second-order valence-corrected chi connectivity index (χ2v) is 8.08. The molecular weight excluding hydrogens is 420 g/mol. The third-order valence-electron chi connectivity index (χ3n) is 6.26. The average Bonchev–Trinajstić information content (AvgIpc) is 3.47. The molecule has 1 fully saturated rings. The number of aromatic nitrogens is 4. The third kappa shape index (κ3) is 3.05. The molecule has 4 aromatic rings. The molecule has 2 aliphatic rings. The van der Waals surface area contributed by atoms with Crippen molar-refractivity contribution < 1.29 is 14.3 Å². The van der Waals surface area contributed by atoms with Crippen molar-refractivity contribution in [3.63, 3.8) is 0 Å². The van der Waals surface area contributed by atoms with Gasteiger partial charge in [-0.25, -0.2) is 9.89 Å². The minimum absolute atomic E-state index is 0.173. The van der Waals surface area contributed by atoms with Gasteiger partial charge in [-0.05, 0) is 34.5 Å². The Morgan fingerprint density at radius 1 is 0.879 bits per heavy atom. The molecule has 1 aromatic heterocycles. The molecule has 33 heavy (non-hydrogen) atoms. The molecule has 3 amide bonds. The van der Waals surface area contributed by atoms with E-state index >= 15 is 0 Å². The minimum atomic E-state index is -1.25. The quantitative estimate of drug-likeness (QED) is 0.421. The number of fused-ring (bicyclic) bond motifs is 2. The van der Waals surface area contributed by atoms with Gasteiger partial charge in [-0.1, -0.05) is 60.7 Å². The second kappa shape index (κ2) is 7.27. The number of hydrogen-bond donors (Lipinski definition) is 3. The summed E-state index contributed by atoms with van der Waals surface area (Å²) in [6.07, 6.45) is 0.325. The lowest BCUT2D eigenvalue weighted by atomic mass is 9.75. The summed E-state index contributed by atoms with van der Waals surface area (Å²) < 4.78 is 6.11. The number of imide groups is 1. The summed E-state index contributed by atoms with van der Waals surface area (Å²) >= 11 is 0. The van der Waals surface area contributed by atoms with Gasteiger partial charge in [0, 0.05) is 22.6 Å². The van der Waals surface area contributed by atoms with Crippen LogP contribution in [-0.2, 0) is 10.3 Å². The Morgan fingerprint density at radius 3 is 2.12 bits per heavy atom. The van der Waals surface area contributed by atoms with E-state index < -0.39 is 11.6 Å². The van der Waals surface area contributed by atoms with Crippen LogP contribution >= 0.6 is 0 Å². The van der Waals surface area contributed by atoms with Crippen molar-refractivity contribution in [1.82, 2.24) is 31.3 Å². The Hall–Kier alpha value is -4.53. The van der Waals surface area contributed by atoms with Gasteiger partial charge in [0.05, 0.1) is 0 Å². The minimum Gasteiger partial charge on any atom is -0.457 e. The van der Waals surface area contributed by atoms with Crippen molar-refractivity contribution in [1.29, 1.82) is 0 Å². The zero-order chi connectivity index (χ0) is 22.4. The number of H-pyrrole nitrogens is 1. The molecule has 1 unspecified atom stereocenters. The molecule has 2 aliphatic heterocycles. The Kier molecular flexibility index (Phi) is 4.22. The lowest BCUT2D eigenvalue weighted by Gasteiger charge is -2.35. The van der Waals surface area contributed by atoms with Crippen LogP contribution in [0, 0.1) is 0 Å². The first-order chi connectivity index (χ1) is 16.1. The first kappa shape index (κ1) is 19.2. The predicted octanol–water partition coefficient (Wildman–Crippen LogP) is 3.23. The highest BCUT2D eigenvalue weighted by Crippen LogP contribution is 2.49. The molecule has 9 nitrogen and oxygen atoms in total. The van der Waals surface area contributed by atoms with Gasteiger partial charge in [0.1, 0.15) is 17.0 Å². The van der Waals surface area contributed by atoms with E-state index in [1.54, 1.807) is 0 Å². The van der Waals surface area contributed by atoms with Crippen LogP contribution in [-0.4, -0.2) is 32.6 Å². The van der Waals surface area contributed by atoms with Crippen molar-refractivity contribution in [2.45, 2.75) is 17.9 Å². The predicted molar refractivity (Wildman–Crippen MR) is 117 cm³/mol. The molecule has 3 heterocycles. The van der Waals surface area contributed by atoms with Crippen LogP contribution in [0.4, 0.5) is 4.79 Å². The monoisotopic (exact) mass is 438 g/mol. The third-order valence-corrected chi connectivity index (χ3v) is 6.26. The summed E-state index contributed by atoms with van der Waals surface area (Å²) in [7, 11) is 0. The maximum absolute atomic E-state index is 13.3. The summed E-state index contributed by atoms with van der Waals surface area (Å²) in [6, 6.07) is 22.3. The molecule has 0 aliphatic carbocycles. The second-order valence-electron chi connectivity index (χ2n) is 8.08. The molecule has 0 spiro atoms. The molecule has 3 N–H and O–H groups in total.